The molecule has 1 rings (SSSR count). The molecule has 0 amide bonds. The van der Waals surface area contributed by atoms with Gasteiger partial charge in [-0.25, -0.2) is 4.68 Å². The van der Waals surface area contributed by atoms with E-state index in [2.05, 4.69) is 43.0 Å². The van der Waals surface area contributed by atoms with Crippen molar-refractivity contribution in [3.05, 3.63) is 22.6 Å². The summed E-state index contributed by atoms with van der Waals surface area (Å²) >= 11 is 0. The minimum Gasteiger partial charge on any atom is -0.373 e. The van der Waals surface area contributed by atoms with Gasteiger partial charge < -0.3 is 10.2 Å². The summed E-state index contributed by atoms with van der Waals surface area (Å²) in [7, 11) is 1.99. The number of aromatic nitrogens is 2. The molecule has 1 aromatic heterocycles. The van der Waals surface area contributed by atoms with Crippen molar-refractivity contribution in [3.63, 3.8) is 0 Å². The lowest BCUT2D eigenvalue weighted by Gasteiger charge is -2.24. The minimum atomic E-state index is -0.0262. The van der Waals surface area contributed by atoms with Crippen LogP contribution < -0.4 is 15.8 Å². The molecular formula is C16H30N4O. The fraction of sp³-hybridized carbons (Fsp3) is 0.750. The number of hydrogen-bond donors (Lipinski definition) is 1. The maximum atomic E-state index is 12.2. The van der Waals surface area contributed by atoms with E-state index in [4.69, 9.17) is 0 Å². The van der Waals surface area contributed by atoms with Gasteiger partial charge in [0.2, 0.25) is 0 Å². The molecule has 1 heterocycles. The second-order valence-corrected chi connectivity index (χ2v) is 5.71. The molecule has 5 heteroatoms. The highest BCUT2D eigenvalue weighted by Crippen LogP contribution is 2.10. The van der Waals surface area contributed by atoms with E-state index < -0.39 is 0 Å². The van der Waals surface area contributed by atoms with E-state index in [0.29, 0.717) is 12.5 Å². The van der Waals surface area contributed by atoms with Crippen molar-refractivity contribution < 1.29 is 0 Å². The number of nitrogens with one attached hydrogen (secondary N) is 1. The predicted molar refractivity (Wildman–Crippen MR) is 89.0 cm³/mol. The van der Waals surface area contributed by atoms with E-state index >= 15 is 0 Å². The molecular weight excluding hydrogens is 264 g/mol. The molecule has 0 aromatic carbocycles. The Labute approximate surface area is 128 Å². The lowest BCUT2D eigenvalue weighted by molar-refractivity contribution is 0.318. The SMILES string of the molecule is CCCN(C)c1cnn(CC(NCC)C(C)CC)c(=O)c1. The van der Waals surface area contributed by atoms with Gasteiger partial charge in [0, 0.05) is 25.7 Å². The molecule has 0 bridgehead atoms. The van der Waals surface area contributed by atoms with Crippen molar-refractivity contribution >= 4 is 5.69 Å². The highest BCUT2D eigenvalue weighted by atomic mass is 16.1. The topological polar surface area (TPSA) is 50.2 Å². The molecule has 120 valence electrons. The van der Waals surface area contributed by atoms with Gasteiger partial charge in [-0.1, -0.05) is 34.1 Å². The van der Waals surface area contributed by atoms with E-state index in [1.54, 1.807) is 16.9 Å². The Morgan fingerprint density at radius 1 is 1.38 bits per heavy atom. The van der Waals surface area contributed by atoms with Crippen LogP contribution in [0.5, 0.6) is 0 Å². The molecule has 0 aliphatic carbocycles. The van der Waals surface area contributed by atoms with Crippen LogP contribution in [0.3, 0.4) is 0 Å². The highest BCUT2D eigenvalue weighted by Gasteiger charge is 2.16. The molecule has 2 unspecified atom stereocenters. The summed E-state index contributed by atoms with van der Waals surface area (Å²) in [5.74, 6) is 0.515. The van der Waals surface area contributed by atoms with E-state index in [1.165, 1.54) is 0 Å². The highest BCUT2D eigenvalue weighted by molar-refractivity contribution is 5.41. The Hall–Kier alpha value is -1.36. The van der Waals surface area contributed by atoms with Crippen molar-refractivity contribution in [2.75, 3.05) is 25.0 Å². The zero-order valence-corrected chi connectivity index (χ0v) is 14.1. The first-order valence-electron chi connectivity index (χ1n) is 8.05. The van der Waals surface area contributed by atoms with Crippen molar-refractivity contribution in [2.45, 2.75) is 53.1 Å². The third-order valence-electron chi connectivity index (χ3n) is 4.02. The van der Waals surface area contributed by atoms with Crippen LogP contribution >= 0.6 is 0 Å². The lowest BCUT2D eigenvalue weighted by atomic mass is 9.99. The third-order valence-corrected chi connectivity index (χ3v) is 4.02. The van der Waals surface area contributed by atoms with Gasteiger partial charge in [-0.15, -0.1) is 0 Å². The van der Waals surface area contributed by atoms with Crippen LogP contribution in [0.25, 0.3) is 0 Å². The van der Waals surface area contributed by atoms with Gasteiger partial charge in [0.1, 0.15) is 0 Å². The first-order chi connectivity index (χ1) is 10.0. The first-order valence-corrected chi connectivity index (χ1v) is 8.05. The molecule has 0 spiro atoms. The van der Waals surface area contributed by atoms with Gasteiger partial charge in [-0.05, 0) is 18.9 Å². The van der Waals surface area contributed by atoms with E-state index in [9.17, 15) is 4.79 Å². The van der Waals surface area contributed by atoms with Gasteiger partial charge >= 0.3 is 0 Å². The molecule has 0 saturated carbocycles. The van der Waals surface area contributed by atoms with Crippen LogP contribution in [-0.2, 0) is 6.54 Å². The van der Waals surface area contributed by atoms with Gasteiger partial charge in [0.15, 0.2) is 0 Å². The summed E-state index contributed by atoms with van der Waals surface area (Å²) in [5.41, 5.74) is 0.864. The Morgan fingerprint density at radius 3 is 2.62 bits per heavy atom. The van der Waals surface area contributed by atoms with Crippen LogP contribution in [0.4, 0.5) is 5.69 Å². The van der Waals surface area contributed by atoms with Crippen LogP contribution in [-0.4, -0.2) is 36.0 Å². The minimum absolute atomic E-state index is 0.0262. The number of anilines is 1. The van der Waals surface area contributed by atoms with Crippen molar-refractivity contribution in [2.24, 2.45) is 5.92 Å². The second-order valence-electron chi connectivity index (χ2n) is 5.71. The van der Waals surface area contributed by atoms with E-state index in [0.717, 1.165) is 31.6 Å². The maximum Gasteiger partial charge on any atom is 0.268 e. The summed E-state index contributed by atoms with van der Waals surface area (Å²) in [6, 6.07) is 1.96. The molecule has 5 nitrogen and oxygen atoms in total. The fourth-order valence-electron chi connectivity index (χ4n) is 2.41. The van der Waals surface area contributed by atoms with Crippen LogP contribution in [0.15, 0.2) is 17.1 Å². The molecule has 0 fully saturated rings. The Kier molecular flexibility index (Phi) is 7.43. The molecule has 21 heavy (non-hydrogen) atoms. The second kappa shape index (κ2) is 8.82. The summed E-state index contributed by atoms with van der Waals surface area (Å²) in [6.07, 6.45) is 3.93. The number of nitrogens with zero attached hydrogens (tertiary/aromatic N) is 3. The third kappa shape index (κ3) is 5.16. The zero-order chi connectivity index (χ0) is 15.8. The van der Waals surface area contributed by atoms with Gasteiger partial charge in [-0.2, -0.15) is 5.10 Å². The fourth-order valence-corrected chi connectivity index (χ4v) is 2.41. The normalized spacial score (nSPS) is 14.0. The largest absolute Gasteiger partial charge is 0.373 e. The van der Waals surface area contributed by atoms with E-state index in [1.807, 2.05) is 7.05 Å². The van der Waals surface area contributed by atoms with Gasteiger partial charge in [0.05, 0.1) is 18.4 Å². The van der Waals surface area contributed by atoms with Gasteiger partial charge in [-0.3, -0.25) is 4.79 Å². The van der Waals surface area contributed by atoms with Crippen molar-refractivity contribution in [1.82, 2.24) is 15.1 Å². The Bertz CT molecular complexity index is 472. The maximum absolute atomic E-state index is 12.2. The lowest BCUT2D eigenvalue weighted by Crippen LogP contribution is -2.41. The van der Waals surface area contributed by atoms with Crippen LogP contribution in [0.1, 0.15) is 40.5 Å². The Balaban J connectivity index is 2.86. The predicted octanol–water partition coefficient (Wildman–Crippen LogP) is 2.11. The van der Waals surface area contributed by atoms with E-state index in [-0.39, 0.29) is 11.6 Å². The average molecular weight is 294 g/mol. The van der Waals surface area contributed by atoms with Crippen LogP contribution in [0.2, 0.25) is 0 Å². The average Bonchev–Trinajstić information content (AvgIpc) is 2.47. The van der Waals surface area contributed by atoms with Crippen molar-refractivity contribution in [3.8, 4) is 0 Å². The summed E-state index contributed by atoms with van der Waals surface area (Å²) in [5, 5.41) is 7.80. The van der Waals surface area contributed by atoms with Gasteiger partial charge in [0.25, 0.3) is 5.56 Å². The van der Waals surface area contributed by atoms with Crippen molar-refractivity contribution in [1.29, 1.82) is 0 Å². The number of hydrogen-bond acceptors (Lipinski definition) is 4. The molecule has 2 atom stereocenters. The first kappa shape index (κ1) is 17.7. The molecule has 0 radical (unpaired) electrons. The summed E-state index contributed by atoms with van der Waals surface area (Å²) < 4.78 is 1.57. The number of rotatable bonds is 9. The number of likely N-dealkylation sites (N-methyl/N-ethyl adjacent to an activating group) is 1. The standard InChI is InChI=1S/C16H30N4O/c1-6-9-19(5)14-10-16(21)20(18-11-14)12-15(17-8-3)13(4)7-2/h10-11,13,15,17H,6-9,12H2,1-5H3. The Morgan fingerprint density at radius 2 is 2.10 bits per heavy atom. The summed E-state index contributed by atoms with van der Waals surface area (Å²) in [4.78, 5) is 14.3. The monoisotopic (exact) mass is 294 g/mol. The molecule has 1 N–H and O–H groups in total. The smallest absolute Gasteiger partial charge is 0.268 e. The quantitative estimate of drug-likeness (QED) is 0.758. The molecule has 0 saturated heterocycles. The summed E-state index contributed by atoms with van der Waals surface area (Å²) in [6.45, 7) is 11.1. The zero-order valence-electron chi connectivity index (χ0n) is 14.1. The molecule has 1 aromatic rings. The van der Waals surface area contributed by atoms with Crippen LogP contribution in [0, 0.1) is 5.92 Å². The molecule has 0 aliphatic heterocycles. The molecule has 0 aliphatic rings.